The van der Waals surface area contributed by atoms with Gasteiger partial charge in [0.15, 0.2) is 5.82 Å². The first-order valence-electron chi connectivity index (χ1n) is 13.3. The molecule has 232 valence electrons. The molecule has 0 fully saturated rings. The molecule has 1 aromatic carbocycles. The zero-order valence-electron chi connectivity index (χ0n) is 23.6. The zero-order chi connectivity index (χ0) is 32.3. The van der Waals surface area contributed by atoms with Crippen LogP contribution in [-0.4, -0.2) is 51.8 Å². The standard InChI is InChI=1S/C28H23Cl2F3N10O2/c1-3-17-6-4-7-18(36-17)13-35-25(44)20-11-16(29)10-15(2)23(20)37-26(45)22-12-19(14-42-40-27(38-41-42)28(31,32)33)39-43(22)24-21(30)8-5-9-34-24/h4-12H,3,13-14H2,1-2H3,(H,35,44)(H,37,45). The Morgan fingerprint density at radius 2 is 1.76 bits per heavy atom. The molecular weight excluding hydrogens is 636 g/mol. The summed E-state index contributed by atoms with van der Waals surface area (Å²) in [6, 6.07) is 12.9. The van der Waals surface area contributed by atoms with E-state index < -0.39 is 23.8 Å². The van der Waals surface area contributed by atoms with Crippen LogP contribution in [0.15, 0.2) is 54.7 Å². The lowest BCUT2D eigenvalue weighted by Gasteiger charge is -2.15. The maximum Gasteiger partial charge on any atom is 0.455 e. The Balaban J connectivity index is 1.46. The van der Waals surface area contributed by atoms with Gasteiger partial charge in [0.2, 0.25) is 0 Å². The van der Waals surface area contributed by atoms with E-state index in [9.17, 15) is 22.8 Å². The summed E-state index contributed by atoms with van der Waals surface area (Å²) in [7, 11) is 0. The van der Waals surface area contributed by atoms with E-state index in [0.717, 1.165) is 16.8 Å². The van der Waals surface area contributed by atoms with Gasteiger partial charge in [0.25, 0.3) is 17.6 Å². The first-order chi connectivity index (χ1) is 21.4. The second-order valence-electron chi connectivity index (χ2n) is 9.64. The second kappa shape index (κ2) is 13.0. The average Bonchev–Trinajstić information content (AvgIpc) is 3.65. The summed E-state index contributed by atoms with van der Waals surface area (Å²) in [5, 5.41) is 20.1. The van der Waals surface area contributed by atoms with E-state index in [1.54, 1.807) is 25.1 Å². The van der Waals surface area contributed by atoms with E-state index in [1.165, 1.54) is 24.4 Å². The summed E-state index contributed by atoms with van der Waals surface area (Å²) in [6.45, 7) is 3.41. The lowest BCUT2D eigenvalue weighted by atomic mass is 10.1. The third kappa shape index (κ3) is 7.26. The molecule has 0 aliphatic rings. The molecule has 0 spiro atoms. The molecule has 0 aliphatic carbocycles. The van der Waals surface area contributed by atoms with Crippen molar-refractivity contribution in [2.75, 3.05) is 5.32 Å². The smallest absolute Gasteiger partial charge is 0.346 e. The van der Waals surface area contributed by atoms with Gasteiger partial charge >= 0.3 is 6.18 Å². The highest BCUT2D eigenvalue weighted by molar-refractivity contribution is 6.32. The minimum Gasteiger partial charge on any atom is -0.346 e. The van der Waals surface area contributed by atoms with Crippen molar-refractivity contribution in [2.45, 2.75) is 39.5 Å². The molecule has 0 unspecified atom stereocenters. The van der Waals surface area contributed by atoms with E-state index >= 15 is 0 Å². The van der Waals surface area contributed by atoms with Gasteiger partial charge in [-0.25, -0.2) is 9.67 Å². The third-order valence-electron chi connectivity index (χ3n) is 6.38. The number of pyridine rings is 2. The number of anilines is 1. The number of benzene rings is 1. The minimum atomic E-state index is -4.79. The molecule has 0 bridgehead atoms. The Morgan fingerprint density at radius 1 is 0.978 bits per heavy atom. The van der Waals surface area contributed by atoms with Crippen molar-refractivity contribution in [2.24, 2.45) is 0 Å². The fraction of sp³-hybridized carbons (Fsp3) is 0.214. The fourth-order valence-corrected chi connectivity index (χ4v) is 4.76. The largest absolute Gasteiger partial charge is 0.455 e. The van der Waals surface area contributed by atoms with E-state index in [1.807, 2.05) is 19.1 Å². The molecule has 17 heteroatoms. The van der Waals surface area contributed by atoms with Crippen LogP contribution in [0.25, 0.3) is 5.82 Å². The van der Waals surface area contributed by atoms with Gasteiger partial charge in [-0.2, -0.15) is 23.1 Å². The fourth-order valence-electron chi connectivity index (χ4n) is 4.29. The SMILES string of the molecule is CCc1cccc(CNC(=O)c2cc(Cl)cc(C)c2NC(=O)c2cc(Cn3nnc(C(F)(F)F)n3)nn2-c2ncccc2Cl)n1. The van der Waals surface area contributed by atoms with Crippen LogP contribution in [0.5, 0.6) is 0 Å². The van der Waals surface area contributed by atoms with Crippen molar-refractivity contribution < 1.29 is 22.8 Å². The highest BCUT2D eigenvalue weighted by Gasteiger charge is 2.37. The summed E-state index contributed by atoms with van der Waals surface area (Å²) >= 11 is 12.6. The molecule has 5 rings (SSSR count). The number of carbonyl (C=O) groups is 2. The number of hydrogen-bond acceptors (Lipinski definition) is 8. The van der Waals surface area contributed by atoms with Crippen LogP contribution >= 0.6 is 23.2 Å². The molecule has 0 saturated heterocycles. The van der Waals surface area contributed by atoms with Crippen molar-refractivity contribution in [3.63, 3.8) is 0 Å². The lowest BCUT2D eigenvalue weighted by molar-refractivity contribution is -0.145. The monoisotopic (exact) mass is 658 g/mol. The number of halogens is 5. The van der Waals surface area contributed by atoms with Gasteiger partial charge in [-0.15, -0.1) is 10.2 Å². The number of nitrogens with one attached hydrogen (secondary N) is 2. The number of amides is 2. The maximum atomic E-state index is 13.8. The Labute approximate surface area is 263 Å². The summed E-state index contributed by atoms with van der Waals surface area (Å²) in [4.78, 5) is 36.5. The molecule has 5 aromatic rings. The number of aryl methyl sites for hydroxylation is 2. The number of rotatable bonds is 9. The first-order valence-corrected chi connectivity index (χ1v) is 14.1. The number of carbonyl (C=O) groups excluding carboxylic acids is 2. The van der Waals surface area contributed by atoms with Gasteiger partial charge in [-0.3, -0.25) is 14.6 Å². The van der Waals surface area contributed by atoms with Gasteiger partial charge in [-0.05, 0) is 66.6 Å². The number of alkyl halides is 3. The Kier molecular flexibility index (Phi) is 9.11. The van der Waals surface area contributed by atoms with Crippen LogP contribution in [0, 0.1) is 6.92 Å². The predicted octanol–water partition coefficient (Wildman–Crippen LogP) is 5.08. The van der Waals surface area contributed by atoms with Crippen molar-refractivity contribution >= 4 is 40.7 Å². The quantitative estimate of drug-likeness (QED) is 0.223. The normalized spacial score (nSPS) is 11.4. The number of hydrogen-bond donors (Lipinski definition) is 2. The van der Waals surface area contributed by atoms with Crippen molar-refractivity contribution in [3.05, 3.63) is 105 Å². The summed E-state index contributed by atoms with van der Waals surface area (Å²) < 4.78 is 40.1. The molecule has 4 heterocycles. The molecule has 2 amide bonds. The van der Waals surface area contributed by atoms with Gasteiger partial charge < -0.3 is 10.6 Å². The number of nitrogens with zero attached hydrogens (tertiary/aromatic N) is 8. The molecule has 0 radical (unpaired) electrons. The van der Waals surface area contributed by atoms with E-state index in [4.69, 9.17) is 23.2 Å². The Hall–Kier alpha value is -4.89. The molecule has 45 heavy (non-hydrogen) atoms. The molecule has 0 saturated carbocycles. The molecule has 4 aromatic heterocycles. The van der Waals surface area contributed by atoms with Gasteiger partial charge in [0.1, 0.15) is 12.2 Å². The zero-order valence-corrected chi connectivity index (χ0v) is 25.1. The van der Waals surface area contributed by atoms with Crippen molar-refractivity contribution in [3.8, 4) is 5.82 Å². The lowest BCUT2D eigenvalue weighted by Crippen LogP contribution is -2.26. The topological polar surface area (TPSA) is 145 Å². The van der Waals surface area contributed by atoms with Crippen LogP contribution in [0.2, 0.25) is 10.0 Å². The second-order valence-corrected chi connectivity index (χ2v) is 10.5. The summed E-state index contributed by atoms with van der Waals surface area (Å²) in [5.74, 6) is -2.59. The van der Waals surface area contributed by atoms with E-state index in [2.05, 4.69) is 41.1 Å². The molecule has 2 N–H and O–H groups in total. The summed E-state index contributed by atoms with van der Waals surface area (Å²) in [6.07, 6.45) is -2.63. The van der Waals surface area contributed by atoms with Crippen LogP contribution in [0.4, 0.5) is 18.9 Å². The van der Waals surface area contributed by atoms with Crippen LogP contribution in [0.3, 0.4) is 0 Å². The molecular formula is C28H23Cl2F3N10O2. The average molecular weight is 659 g/mol. The summed E-state index contributed by atoms with van der Waals surface area (Å²) in [5.41, 5.74) is 2.28. The maximum absolute atomic E-state index is 13.8. The van der Waals surface area contributed by atoms with Gasteiger partial charge in [-0.1, -0.05) is 36.2 Å². The van der Waals surface area contributed by atoms with Gasteiger partial charge in [0, 0.05) is 16.9 Å². The van der Waals surface area contributed by atoms with Crippen molar-refractivity contribution in [1.82, 2.24) is 45.3 Å². The third-order valence-corrected chi connectivity index (χ3v) is 6.90. The molecule has 0 atom stereocenters. The van der Waals surface area contributed by atoms with Gasteiger partial charge in [0.05, 0.1) is 34.2 Å². The predicted molar refractivity (Wildman–Crippen MR) is 157 cm³/mol. The highest BCUT2D eigenvalue weighted by atomic mass is 35.5. The first kappa shape index (κ1) is 31.5. The van der Waals surface area contributed by atoms with Crippen molar-refractivity contribution in [1.29, 1.82) is 0 Å². The van der Waals surface area contributed by atoms with E-state index in [-0.39, 0.29) is 51.6 Å². The Bertz CT molecular complexity index is 1890. The minimum absolute atomic E-state index is 0.0747. The molecule has 0 aliphatic heterocycles. The van der Waals surface area contributed by atoms with E-state index in [0.29, 0.717) is 16.1 Å². The van der Waals surface area contributed by atoms with Crippen LogP contribution < -0.4 is 10.6 Å². The molecule has 12 nitrogen and oxygen atoms in total. The highest BCUT2D eigenvalue weighted by Crippen LogP contribution is 2.28. The number of aromatic nitrogens is 8. The number of tetrazole rings is 1. The Morgan fingerprint density at radius 3 is 2.47 bits per heavy atom. The van der Waals surface area contributed by atoms with Crippen LogP contribution in [-0.2, 0) is 25.7 Å². The van der Waals surface area contributed by atoms with Crippen LogP contribution in [0.1, 0.15) is 56.2 Å².